The summed E-state index contributed by atoms with van der Waals surface area (Å²) in [5, 5.41) is 3.27. The Kier molecular flexibility index (Phi) is 3.96. The van der Waals surface area contributed by atoms with Gasteiger partial charge in [-0.3, -0.25) is 4.21 Å². The molecule has 0 fully saturated rings. The summed E-state index contributed by atoms with van der Waals surface area (Å²) in [5.41, 5.74) is 1.40. The highest BCUT2D eigenvalue weighted by molar-refractivity contribution is 7.84. The number of aromatic amines is 1. The van der Waals surface area contributed by atoms with Crippen LogP contribution in [0.2, 0.25) is 0 Å². The van der Waals surface area contributed by atoms with E-state index in [0.29, 0.717) is 18.0 Å². The lowest BCUT2D eigenvalue weighted by Crippen LogP contribution is -2.15. The average molecular weight is 269 g/mol. The number of benzene rings is 1. The quantitative estimate of drug-likeness (QED) is 0.875. The van der Waals surface area contributed by atoms with Crippen molar-refractivity contribution in [2.75, 3.05) is 18.1 Å². The molecule has 0 bridgehead atoms. The molecule has 2 rings (SSSR count). The lowest BCUT2D eigenvalue weighted by atomic mass is 10.3. The SMILES string of the molecule is CC(CCNc1nc2ccc(F)cc2[nH]1)S(C)=O. The van der Waals surface area contributed by atoms with Gasteiger partial charge >= 0.3 is 0 Å². The van der Waals surface area contributed by atoms with Gasteiger partial charge in [0.2, 0.25) is 5.95 Å². The molecule has 6 heteroatoms. The Bertz CT molecular complexity index is 569. The molecule has 2 aromatic rings. The molecule has 1 aromatic heterocycles. The second-order valence-corrected chi connectivity index (χ2v) is 6.07. The van der Waals surface area contributed by atoms with Gasteiger partial charge in [-0.1, -0.05) is 6.92 Å². The van der Waals surface area contributed by atoms with Gasteiger partial charge in [0, 0.05) is 28.9 Å². The van der Waals surface area contributed by atoms with E-state index in [1.54, 1.807) is 12.3 Å². The first kappa shape index (κ1) is 13.0. The van der Waals surface area contributed by atoms with Crippen molar-refractivity contribution in [1.29, 1.82) is 0 Å². The molecule has 0 amide bonds. The van der Waals surface area contributed by atoms with Crippen LogP contribution in [0.5, 0.6) is 0 Å². The Labute approximate surface area is 107 Å². The van der Waals surface area contributed by atoms with Crippen molar-refractivity contribution in [3.63, 3.8) is 0 Å². The standard InChI is InChI=1S/C12H16FN3OS/c1-8(18(2)17)5-6-14-12-15-10-4-3-9(13)7-11(10)16-12/h3-4,7-8H,5-6H2,1-2H3,(H2,14,15,16). The Hall–Kier alpha value is -1.43. The van der Waals surface area contributed by atoms with Crippen molar-refractivity contribution < 1.29 is 8.60 Å². The molecule has 1 heterocycles. The summed E-state index contributed by atoms with van der Waals surface area (Å²) >= 11 is 0. The van der Waals surface area contributed by atoms with E-state index in [1.807, 2.05) is 6.92 Å². The van der Waals surface area contributed by atoms with E-state index in [1.165, 1.54) is 12.1 Å². The van der Waals surface area contributed by atoms with Crippen molar-refractivity contribution in [1.82, 2.24) is 9.97 Å². The van der Waals surface area contributed by atoms with Crippen molar-refractivity contribution in [3.05, 3.63) is 24.0 Å². The van der Waals surface area contributed by atoms with E-state index < -0.39 is 10.8 Å². The zero-order chi connectivity index (χ0) is 13.1. The molecule has 0 saturated carbocycles. The number of nitrogens with one attached hydrogen (secondary N) is 2. The van der Waals surface area contributed by atoms with Gasteiger partial charge in [0.1, 0.15) is 5.82 Å². The first-order valence-corrected chi connectivity index (χ1v) is 7.40. The largest absolute Gasteiger partial charge is 0.356 e. The van der Waals surface area contributed by atoms with Crippen molar-refractivity contribution in [2.45, 2.75) is 18.6 Å². The molecule has 1 aromatic carbocycles. The zero-order valence-corrected chi connectivity index (χ0v) is 11.2. The smallest absolute Gasteiger partial charge is 0.201 e. The number of fused-ring (bicyclic) bond motifs is 1. The third kappa shape index (κ3) is 3.07. The second-order valence-electron chi connectivity index (χ2n) is 4.27. The van der Waals surface area contributed by atoms with Crippen molar-refractivity contribution in [2.24, 2.45) is 0 Å². The minimum atomic E-state index is -0.806. The van der Waals surface area contributed by atoms with E-state index in [9.17, 15) is 8.60 Å². The number of aromatic nitrogens is 2. The molecule has 0 aliphatic rings. The van der Waals surface area contributed by atoms with Crippen LogP contribution in [0.3, 0.4) is 0 Å². The molecule has 2 N–H and O–H groups in total. The number of anilines is 1. The van der Waals surface area contributed by atoms with E-state index in [2.05, 4.69) is 15.3 Å². The van der Waals surface area contributed by atoms with Gasteiger partial charge < -0.3 is 10.3 Å². The summed E-state index contributed by atoms with van der Waals surface area (Å²) in [6.07, 6.45) is 2.50. The zero-order valence-electron chi connectivity index (χ0n) is 10.4. The molecular weight excluding hydrogens is 253 g/mol. The summed E-state index contributed by atoms with van der Waals surface area (Å²) < 4.78 is 24.2. The predicted molar refractivity (Wildman–Crippen MR) is 72.7 cm³/mol. The number of H-pyrrole nitrogens is 1. The maximum Gasteiger partial charge on any atom is 0.201 e. The number of nitrogens with zero attached hydrogens (tertiary/aromatic N) is 1. The third-order valence-electron chi connectivity index (χ3n) is 2.85. The van der Waals surface area contributed by atoms with Crippen LogP contribution in [0.25, 0.3) is 11.0 Å². The monoisotopic (exact) mass is 269 g/mol. The minimum Gasteiger partial charge on any atom is -0.356 e. The molecular formula is C12H16FN3OS. The third-order valence-corrected chi connectivity index (χ3v) is 4.22. The van der Waals surface area contributed by atoms with Gasteiger partial charge in [0.05, 0.1) is 11.0 Å². The normalized spacial score (nSPS) is 14.6. The van der Waals surface area contributed by atoms with Gasteiger partial charge in [-0.05, 0) is 24.6 Å². The Morgan fingerprint density at radius 1 is 1.56 bits per heavy atom. The number of imidazole rings is 1. The molecule has 0 aliphatic carbocycles. The molecule has 0 aliphatic heterocycles. The van der Waals surface area contributed by atoms with Gasteiger partial charge in [0.15, 0.2) is 0 Å². The number of halogens is 1. The predicted octanol–water partition coefficient (Wildman–Crippen LogP) is 2.27. The van der Waals surface area contributed by atoms with Crippen LogP contribution < -0.4 is 5.32 Å². The van der Waals surface area contributed by atoms with Crippen molar-refractivity contribution in [3.8, 4) is 0 Å². The number of hydrogen-bond donors (Lipinski definition) is 2. The van der Waals surface area contributed by atoms with Gasteiger partial charge in [-0.15, -0.1) is 0 Å². The lowest BCUT2D eigenvalue weighted by Gasteiger charge is -2.07. The van der Waals surface area contributed by atoms with E-state index in [4.69, 9.17) is 0 Å². The highest BCUT2D eigenvalue weighted by Gasteiger charge is 2.07. The molecule has 2 atom stereocenters. The maximum absolute atomic E-state index is 13.0. The fourth-order valence-corrected chi connectivity index (χ4v) is 2.08. The molecule has 0 saturated heterocycles. The molecule has 0 spiro atoms. The van der Waals surface area contributed by atoms with Crippen LogP contribution in [-0.4, -0.2) is 32.2 Å². The van der Waals surface area contributed by atoms with Gasteiger partial charge in [0.25, 0.3) is 0 Å². The van der Waals surface area contributed by atoms with Crippen LogP contribution >= 0.6 is 0 Å². The van der Waals surface area contributed by atoms with Crippen molar-refractivity contribution >= 4 is 27.8 Å². The van der Waals surface area contributed by atoms with Crippen LogP contribution in [0, 0.1) is 5.82 Å². The maximum atomic E-state index is 13.0. The van der Waals surface area contributed by atoms with Crippen LogP contribution in [0.4, 0.5) is 10.3 Å². The molecule has 2 unspecified atom stereocenters. The summed E-state index contributed by atoms with van der Waals surface area (Å²) in [4.78, 5) is 7.29. The Morgan fingerprint density at radius 2 is 2.33 bits per heavy atom. The minimum absolute atomic E-state index is 0.152. The number of hydrogen-bond acceptors (Lipinski definition) is 3. The van der Waals surface area contributed by atoms with Gasteiger partial charge in [-0.2, -0.15) is 0 Å². The first-order valence-electron chi connectivity index (χ1n) is 5.77. The highest BCUT2D eigenvalue weighted by atomic mass is 32.2. The van der Waals surface area contributed by atoms with Crippen LogP contribution in [-0.2, 0) is 10.8 Å². The fraction of sp³-hybridized carbons (Fsp3) is 0.417. The van der Waals surface area contributed by atoms with E-state index in [0.717, 1.165) is 11.9 Å². The van der Waals surface area contributed by atoms with Crippen LogP contribution in [0.1, 0.15) is 13.3 Å². The Balaban J connectivity index is 1.98. The summed E-state index contributed by atoms with van der Waals surface area (Å²) in [6.45, 7) is 2.63. The summed E-state index contributed by atoms with van der Waals surface area (Å²) in [5.74, 6) is 0.331. The van der Waals surface area contributed by atoms with E-state index in [-0.39, 0.29) is 11.1 Å². The van der Waals surface area contributed by atoms with E-state index >= 15 is 0 Å². The van der Waals surface area contributed by atoms with Gasteiger partial charge in [-0.25, -0.2) is 9.37 Å². The highest BCUT2D eigenvalue weighted by Crippen LogP contribution is 2.15. The average Bonchev–Trinajstić information content (AvgIpc) is 2.70. The second kappa shape index (κ2) is 5.48. The fourth-order valence-electron chi connectivity index (χ4n) is 1.63. The summed E-state index contributed by atoms with van der Waals surface area (Å²) in [6, 6.07) is 4.43. The number of rotatable bonds is 5. The molecule has 0 radical (unpaired) electrons. The summed E-state index contributed by atoms with van der Waals surface area (Å²) in [7, 11) is -0.806. The molecule has 18 heavy (non-hydrogen) atoms. The first-order chi connectivity index (χ1) is 8.56. The Morgan fingerprint density at radius 3 is 3.06 bits per heavy atom. The topological polar surface area (TPSA) is 57.8 Å². The molecule has 98 valence electrons. The molecule has 4 nitrogen and oxygen atoms in total. The van der Waals surface area contributed by atoms with Crippen LogP contribution in [0.15, 0.2) is 18.2 Å². The lowest BCUT2D eigenvalue weighted by molar-refractivity contribution is 0.629.